The lowest BCUT2D eigenvalue weighted by Gasteiger charge is -2.14. The van der Waals surface area contributed by atoms with Gasteiger partial charge in [-0.15, -0.1) is 0 Å². The summed E-state index contributed by atoms with van der Waals surface area (Å²) in [7, 11) is 0. The maximum Gasteiger partial charge on any atom is 0.416 e. The lowest BCUT2D eigenvalue weighted by Crippen LogP contribution is -2.17. The molecule has 110 valence electrons. The Bertz CT molecular complexity index is 639. The Morgan fingerprint density at radius 1 is 1.00 bits per heavy atom. The normalized spacial score (nSPS) is 24.9. The molecule has 0 saturated carbocycles. The van der Waals surface area contributed by atoms with Crippen molar-refractivity contribution in [3.63, 3.8) is 0 Å². The van der Waals surface area contributed by atoms with E-state index >= 15 is 0 Å². The minimum absolute atomic E-state index is 0.0582. The van der Waals surface area contributed by atoms with Gasteiger partial charge in [0.2, 0.25) is 0 Å². The minimum atomic E-state index is -4.44. The zero-order valence-corrected chi connectivity index (χ0v) is 11.0. The molecule has 2 aromatic rings. The van der Waals surface area contributed by atoms with Crippen LogP contribution in [0.25, 0.3) is 0 Å². The summed E-state index contributed by atoms with van der Waals surface area (Å²) in [5, 5.41) is 9.63. The van der Waals surface area contributed by atoms with Crippen LogP contribution in [-0.4, -0.2) is 11.7 Å². The van der Waals surface area contributed by atoms with Gasteiger partial charge in [-0.2, -0.15) is 13.2 Å². The van der Waals surface area contributed by atoms with Gasteiger partial charge in [-0.05, 0) is 17.2 Å². The van der Waals surface area contributed by atoms with Gasteiger partial charge >= 0.3 is 6.18 Å². The summed E-state index contributed by atoms with van der Waals surface area (Å²) in [5.41, 5.74) is -1.07. The monoisotopic (exact) mass is 294 g/mol. The Balaban J connectivity index is 2.01. The van der Waals surface area contributed by atoms with Crippen LogP contribution in [0.1, 0.15) is 22.8 Å². The van der Waals surface area contributed by atoms with Crippen LogP contribution in [0.4, 0.5) is 13.2 Å². The highest BCUT2D eigenvalue weighted by molar-refractivity contribution is 5.41. The van der Waals surface area contributed by atoms with E-state index in [2.05, 4.69) is 0 Å². The van der Waals surface area contributed by atoms with Gasteiger partial charge in [-0.1, -0.05) is 48.5 Å². The summed E-state index contributed by atoms with van der Waals surface area (Å²) in [4.78, 5) is 0. The number of halogens is 3. The Hall–Kier alpha value is -1.85. The predicted molar refractivity (Wildman–Crippen MR) is 70.5 cm³/mol. The predicted octanol–water partition coefficient (Wildman–Crippen LogP) is 3.66. The van der Waals surface area contributed by atoms with E-state index < -0.39 is 23.4 Å². The molecule has 0 aliphatic carbocycles. The fraction of sp³-hybridized carbons (Fsp3) is 0.250. The third-order valence-corrected chi connectivity index (χ3v) is 3.74. The second-order valence-electron chi connectivity index (χ2n) is 5.00. The molecule has 1 aliphatic heterocycles. The number of benzene rings is 2. The van der Waals surface area contributed by atoms with Gasteiger partial charge in [0.15, 0.2) is 0 Å². The molecule has 21 heavy (non-hydrogen) atoms. The smallest absolute Gasteiger partial charge is 0.393 e. The largest absolute Gasteiger partial charge is 0.416 e. The molecular formula is C16H13F3O2. The summed E-state index contributed by atoms with van der Waals surface area (Å²) in [5.74, 6) is 0. The first-order valence-corrected chi connectivity index (χ1v) is 6.49. The molecule has 1 saturated heterocycles. The van der Waals surface area contributed by atoms with Gasteiger partial charge in [0.25, 0.3) is 0 Å². The molecular weight excluding hydrogens is 281 g/mol. The topological polar surface area (TPSA) is 32.8 Å². The maximum absolute atomic E-state index is 13.1. The lowest BCUT2D eigenvalue weighted by atomic mass is 9.90. The first-order chi connectivity index (χ1) is 9.99. The van der Waals surface area contributed by atoms with E-state index in [-0.39, 0.29) is 12.2 Å². The van der Waals surface area contributed by atoms with Crippen molar-refractivity contribution in [2.24, 2.45) is 0 Å². The Kier molecular flexibility index (Phi) is 3.26. The van der Waals surface area contributed by atoms with Crippen LogP contribution in [0.5, 0.6) is 0 Å². The van der Waals surface area contributed by atoms with Crippen molar-refractivity contribution in [3.8, 4) is 0 Å². The molecule has 2 nitrogen and oxygen atoms in total. The molecule has 0 bridgehead atoms. The molecule has 2 aromatic carbocycles. The fourth-order valence-electron chi connectivity index (χ4n) is 2.63. The second-order valence-corrected chi connectivity index (χ2v) is 5.00. The van der Waals surface area contributed by atoms with Gasteiger partial charge in [0, 0.05) is 0 Å². The van der Waals surface area contributed by atoms with Gasteiger partial charge in [0.05, 0.1) is 12.2 Å². The summed E-state index contributed by atoms with van der Waals surface area (Å²) in [6, 6.07) is 14.1. The van der Waals surface area contributed by atoms with Crippen molar-refractivity contribution < 1.29 is 23.0 Å². The number of aliphatic hydroxyl groups excluding tert-OH is 1. The molecule has 2 atom stereocenters. The zero-order valence-electron chi connectivity index (χ0n) is 11.0. The number of hydrogen-bond acceptors (Lipinski definition) is 2. The van der Waals surface area contributed by atoms with E-state index in [1.165, 1.54) is 12.1 Å². The van der Waals surface area contributed by atoms with Crippen LogP contribution in [0.2, 0.25) is 0 Å². The molecule has 5 heteroatoms. The van der Waals surface area contributed by atoms with E-state index in [9.17, 15) is 18.3 Å². The zero-order chi connectivity index (χ0) is 15.1. The number of rotatable bonds is 3. The van der Waals surface area contributed by atoms with Crippen molar-refractivity contribution in [3.05, 3.63) is 71.3 Å². The Labute approximate surface area is 119 Å². The molecule has 0 aromatic heterocycles. The van der Waals surface area contributed by atoms with E-state index in [0.717, 1.165) is 6.07 Å². The van der Waals surface area contributed by atoms with E-state index in [0.29, 0.717) is 5.56 Å². The number of alkyl halides is 3. The number of epoxide rings is 1. The average Bonchev–Trinajstić information content (AvgIpc) is 3.23. The molecule has 0 radical (unpaired) electrons. The fourth-order valence-corrected chi connectivity index (χ4v) is 2.63. The van der Waals surface area contributed by atoms with Crippen LogP contribution in [-0.2, 0) is 16.5 Å². The Morgan fingerprint density at radius 2 is 1.62 bits per heavy atom. The van der Waals surface area contributed by atoms with E-state index in [1.54, 1.807) is 36.4 Å². The van der Waals surface area contributed by atoms with Crippen molar-refractivity contribution in [2.45, 2.75) is 17.9 Å². The molecule has 3 rings (SSSR count). The maximum atomic E-state index is 13.1. The van der Waals surface area contributed by atoms with E-state index in [1.807, 2.05) is 0 Å². The molecule has 1 aliphatic rings. The van der Waals surface area contributed by atoms with Crippen LogP contribution < -0.4 is 0 Å². The molecule has 2 unspecified atom stereocenters. The second kappa shape index (κ2) is 4.86. The Morgan fingerprint density at radius 3 is 2.24 bits per heavy atom. The standard InChI is InChI=1S/C16H13F3O2/c17-16(18,19)13-9-5-4-8-12(13)14-15(10-20,21-14)11-6-2-1-3-7-11/h1-9,14,20H,10H2. The highest BCUT2D eigenvalue weighted by atomic mass is 19.4. The molecule has 1 fully saturated rings. The number of ether oxygens (including phenoxy) is 1. The van der Waals surface area contributed by atoms with Crippen LogP contribution in [0, 0.1) is 0 Å². The van der Waals surface area contributed by atoms with Crippen molar-refractivity contribution in [2.75, 3.05) is 6.61 Å². The van der Waals surface area contributed by atoms with Crippen LogP contribution in [0.15, 0.2) is 54.6 Å². The summed E-state index contributed by atoms with van der Waals surface area (Å²) in [6.07, 6.45) is -5.23. The van der Waals surface area contributed by atoms with Crippen LogP contribution >= 0.6 is 0 Å². The number of hydrogen-bond donors (Lipinski definition) is 1. The van der Waals surface area contributed by atoms with Crippen molar-refractivity contribution in [1.29, 1.82) is 0 Å². The molecule has 1 N–H and O–H groups in total. The highest BCUT2D eigenvalue weighted by Crippen LogP contribution is 2.58. The third-order valence-electron chi connectivity index (χ3n) is 3.74. The number of aliphatic hydroxyl groups is 1. The van der Waals surface area contributed by atoms with Gasteiger partial charge in [-0.25, -0.2) is 0 Å². The quantitative estimate of drug-likeness (QED) is 0.876. The molecule has 0 amide bonds. The molecule has 0 spiro atoms. The van der Waals surface area contributed by atoms with E-state index in [4.69, 9.17) is 4.74 Å². The van der Waals surface area contributed by atoms with Gasteiger partial charge in [-0.3, -0.25) is 0 Å². The lowest BCUT2D eigenvalue weighted by molar-refractivity contribution is -0.138. The minimum Gasteiger partial charge on any atom is -0.393 e. The first-order valence-electron chi connectivity index (χ1n) is 6.49. The van der Waals surface area contributed by atoms with Crippen LogP contribution in [0.3, 0.4) is 0 Å². The first kappa shape index (κ1) is 14.1. The third kappa shape index (κ3) is 2.32. The summed E-state index contributed by atoms with van der Waals surface area (Å²) < 4.78 is 44.7. The average molecular weight is 294 g/mol. The van der Waals surface area contributed by atoms with Gasteiger partial charge in [0.1, 0.15) is 11.7 Å². The van der Waals surface area contributed by atoms with Crippen molar-refractivity contribution in [1.82, 2.24) is 0 Å². The van der Waals surface area contributed by atoms with Gasteiger partial charge < -0.3 is 9.84 Å². The highest BCUT2D eigenvalue weighted by Gasteiger charge is 2.59. The van der Waals surface area contributed by atoms with Crippen molar-refractivity contribution >= 4 is 0 Å². The molecule has 1 heterocycles. The summed E-state index contributed by atoms with van der Waals surface area (Å²) in [6.45, 7) is -0.367. The summed E-state index contributed by atoms with van der Waals surface area (Å²) >= 11 is 0. The SMILES string of the molecule is OCC1(c2ccccc2)OC1c1ccccc1C(F)(F)F.